The Hall–Kier alpha value is -9.96. The lowest BCUT2D eigenvalue weighted by molar-refractivity contribution is -0.153. The van der Waals surface area contributed by atoms with Crippen LogP contribution in [-0.4, -0.2) is 228 Å². The first-order valence-corrected chi connectivity index (χ1v) is 40.4. The van der Waals surface area contributed by atoms with Gasteiger partial charge in [-0.1, -0.05) is 48.4 Å². The number of anilines is 2. The Morgan fingerprint density at radius 3 is 2.27 bits per heavy atom. The van der Waals surface area contributed by atoms with Crippen LogP contribution in [0.3, 0.4) is 0 Å². The number of aromatic nitrogens is 3. The van der Waals surface area contributed by atoms with Gasteiger partial charge >= 0.3 is 5.97 Å². The van der Waals surface area contributed by atoms with E-state index in [1.165, 1.54) is 22.1 Å². The van der Waals surface area contributed by atoms with Crippen LogP contribution < -0.4 is 31.8 Å². The maximum Gasteiger partial charge on any atom is 0.308 e. The molecule has 2 aliphatic carbocycles. The van der Waals surface area contributed by atoms with Gasteiger partial charge in [-0.05, 0) is 154 Å². The number of allylic oxidation sites excluding steroid dienone is 2. The maximum atomic E-state index is 13.9. The van der Waals surface area contributed by atoms with E-state index in [1.807, 2.05) is 63.5 Å². The highest BCUT2D eigenvalue weighted by Gasteiger charge is 2.59. The van der Waals surface area contributed by atoms with E-state index < -0.39 is 65.5 Å². The molecule has 5 aromatic rings. The highest BCUT2D eigenvalue weighted by atomic mass is 35.5. The minimum atomic E-state index is -1.13. The van der Waals surface area contributed by atoms with Crippen molar-refractivity contribution in [1.29, 1.82) is 0 Å². The van der Waals surface area contributed by atoms with E-state index in [1.54, 1.807) is 61.6 Å². The Labute approximate surface area is 677 Å². The summed E-state index contributed by atoms with van der Waals surface area (Å²) in [6.07, 6.45) is 6.58. The van der Waals surface area contributed by atoms with E-state index in [0.717, 1.165) is 43.6 Å². The number of fused-ring (bicyclic) bond motifs is 9. The van der Waals surface area contributed by atoms with Gasteiger partial charge in [-0.3, -0.25) is 77.6 Å². The molecule has 0 radical (unpaired) electrons. The lowest BCUT2D eigenvalue weighted by Crippen LogP contribution is -2.54. The molecule has 2 bridgehead atoms. The van der Waals surface area contributed by atoms with Crippen molar-refractivity contribution in [3.8, 4) is 10.8 Å². The van der Waals surface area contributed by atoms with Gasteiger partial charge in [-0.25, -0.2) is 0 Å². The maximum absolute atomic E-state index is 13.9. The first kappa shape index (κ1) is 85.9. The fourth-order valence-corrected chi connectivity index (χ4v) is 16.2. The number of likely N-dealkylation sites (tertiary alicyclic amines) is 1. The Morgan fingerprint density at radius 2 is 1.55 bits per heavy atom. The van der Waals surface area contributed by atoms with Gasteiger partial charge in [0.2, 0.25) is 41.4 Å². The lowest BCUT2D eigenvalue weighted by Gasteiger charge is -2.28. The van der Waals surface area contributed by atoms with Crippen molar-refractivity contribution in [2.75, 3.05) is 96.3 Å². The van der Waals surface area contributed by atoms with Crippen LogP contribution in [0, 0.1) is 44.4 Å². The summed E-state index contributed by atoms with van der Waals surface area (Å²) >= 11 is 7.93. The SMILES string of the molecule is Cc1sc2c(c1C)C(c1ccc(Cl)cc1)=NC(CC(=O)Nc1ccc(OCCOCCO[C@@H](COCCNc3cccc4c3C(=O)N(C3CCC(=O)NC3=O)C4=O)COC(=O)CC(C)OCC(C)N=CC(CN(CCC(=O)NC(C)(C)COC(C)C)C(=O)CCCCCN3C(=O)[C@@H]4[C@H](C3=O)[C@H]3C=C[C@@H]4C3)=NN)cc1)c1nnc(C)n1-2. The number of nitrogens with two attached hydrogens (primary N) is 1. The van der Waals surface area contributed by atoms with E-state index in [4.69, 9.17) is 55.6 Å². The van der Waals surface area contributed by atoms with Gasteiger partial charge in [-0.15, -0.1) is 21.5 Å². The van der Waals surface area contributed by atoms with Crippen LogP contribution in [0.15, 0.2) is 94.0 Å². The number of carbonyl (C=O) groups is 10. The number of thiophene rings is 1. The summed E-state index contributed by atoms with van der Waals surface area (Å²) < 4.78 is 43.5. The first-order chi connectivity index (χ1) is 55.1. The normalized spacial score (nSPS) is 19.8. The molecule has 1 saturated carbocycles. The van der Waals surface area contributed by atoms with Gasteiger partial charge in [0.15, 0.2) is 5.82 Å². The molecule has 0 spiro atoms. The molecule has 4 unspecified atom stereocenters. The molecule has 9 amide bonds. The number of benzene rings is 3. The zero-order valence-electron chi connectivity index (χ0n) is 66.4. The average molecular weight is 1620 g/mol. The highest BCUT2D eigenvalue weighted by Crippen LogP contribution is 2.52. The number of imide groups is 3. The number of unbranched alkanes of at least 4 members (excludes halogenated alkanes) is 2. The molecule has 9 atom stereocenters. The molecule has 33 heteroatoms. The predicted molar refractivity (Wildman–Crippen MR) is 429 cm³/mol. The smallest absolute Gasteiger partial charge is 0.308 e. The Morgan fingerprint density at radius 1 is 0.809 bits per heavy atom. The largest absolute Gasteiger partial charge is 0.491 e. The van der Waals surface area contributed by atoms with Gasteiger partial charge in [-0.2, -0.15) is 5.10 Å². The van der Waals surface area contributed by atoms with E-state index >= 15 is 0 Å². The molecule has 2 saturated heterocycles. The number of nitrogens with zero attached hydrogens (tertiary/aromatic N) is 9. The van der Waals surface area contributed by atoms with Gasteiger partial charge in [0.05, 0.1) is 124 Å². The Bertz CT molecular complexity index is 4490. The minimum absolute atomic E-state index is 0.0108. The van der Waals surface area contributed by atoms with Crippen molar-refractivity contribution in [3.63, 3.8) is 0 Å². The summed E-state index contributed by atoms with van der Waals surface area (Å²) in [6.45, 7) is 18.2. The van der Waals surface area contributed by atoms with Gasteiger partial charge in [0, 0.05) is 77.5 Å². The van der Waals surface area contributed by atoms with Crippen molar-refractivity contribution in [2.24, 2.45) is 44.6 Å². The van der Waals surface area contributed by atoms with Crippen LogP contribution in [0.1, 0.15) is 166 Å². The number of rotatable bonds is 43. The van der Waals surface area contributed by atoms with Crippen LogP contribution in [0.5, 0.6) is 5.75 Å². The number of hydrogen-bond donors (Lipinski definition) is 5. The lowest BCUT2D eigenvalue weighted by atomic mass is 9.85. The molecule has 3 fully saturated rings. The summed E-state index contributed by atoms with van der Waals surface area (Å²) in [5, 5.41) is 25.8. The third-order valence-electron chi connectivity index (χ3n) is 20.8. The van der Waals surface area contributed by atoms with Crippen LogP contribution >= 0.6 is 22.9 Å². The number of carbonyl (C=O) groups excluding carboxylic acids is 10. The van der Waals surface area contributed by atoms with E-state index in [-0.39, 0.29) is 194 Å². The second kappa shape index (κ2) is 39.6. The zero-order valence-corrected chi connectivity index (χ0v) is 68.0. The monoisotopic (exact) mass is 1620 g/mol. The molecule has 6 aliphatic rings. The number of aryl methyl sites for hydroxylation is 2. The van der Waals surface area contributed by atoms with Crippen LogP contribution in [0.2, 0.25) is 5.02 Å². The van der Waals surface area contributed by atoms with Gasteiger partial charge in [0.25, 0.3) is 11.8 Å². The fraction of sp³-hybridized carbons (Fsp3) is 0.524. The second-order valence-electron chi connectivity index (χ2n) is 30.6. The second-order valence-corrected chi connectivity index (χ2v) is 32.2. The van der Waals surface area contributed by atoms with Gasteiger partial charge < -0.3 is 59.9 Å². The molecular formula is C82H103ClN14O17S. The van der Waals surface area contributed by atoms with Crippen LogP contribution in [0.4, 0.5) is 11.4 Å². The fourth-order valence-electron chi connectivity index (χ4n) is 14.9. The summed E-state index contributed by atoms with van der Waals surface area (Å²) in [5.41, 5.74) is 4.34. The highest BCUT2D eigenvalue weighted by molar-refractivity contribution is 7.15. The summed E-state index contributed by atoms with van der Waals surface area (Å²) in [4.78, 5) is 148. The molecule has 616 valence electrons. The predicted octanol–water partition coefficient (Wildman–Crippen LogP) is 8.16. The number of aliphatic imine (C=N–C) groups is 2. The number of hydrogen-bond acceptors (Lipinski definition) is 25. The quantitative estimate of drug-likeness (QED) is 0.00467. The number of esters is 1. The number of nitrogens with one attached hydrogen (secondary N) is 4. The first-order valence-electron chi connectivity index (χ1n) is 39.2. The standard InChI is InChI=1S/C82H103ClN14O17S/c1-47(2)114-46-82(8,9)90-66(99)29-32-94(68(101)16-11-10-12-31-95-78(105)71-54-17-18-55(39-54)72(71)79(95)106)42-58(91-84)41-86-48(3)43-112-49(4)38-69(102)113-45-60(44-109-33-30-85-62-15-13-14-61-73(62)80(107)97(77(61)104)64-27-28-65(98)89-76(64)103)111-37-35-108-34-36-110-59-25-23-57(24-26-59)87-67(100)40-63-75-93-92-52(7)96(75)81-70(50(5)51(6)115-81)74(88-63)53-19-21-56(83)22-20-53/h13-15,17-26,41,47-49,54-55,60,63-64,71-72,85H,10-12,16,27-40,42-46,84H2,1-9H3,(H,87,100)(H,90,99)(H,89,98,103)/t48?,49?,54-,55+,60-,63?,64?,71+,72-/m0/s1. The zero-order chi connectivity index (χ0) is 82.2. The molecule has 4 aliphatic heterocycles. The van der Waals surface area contributed by atoms with Crippen molar-refractivity contribution in [2.45, 2.75) is 168 Å². The molecule has 6 N–H and O–H groups in total. The minimum Gasteiger partial charge on any atom is -0.491 e. The molecule has 115 heavy (non-hydrogen) atoms. The van der Waals surface area contributed by atoms with E-state index in [0.29, 0.717) is 59.6 Å². The molecular weight excluding hydrogens is 1520 g/mol. The Kier molecular flexibility index (Phi) is 29.6. The van der Waals surface area contributed by atoms with Crippen molar-refractivity contribution in [3.05, 3.63) is 128 Å². The topological polar surface area (TPSA) is 387 Å². The third kappa shape index (κ3) is 22.0. The molecule has 3 aromatic carbocycles. The number of ether oxygens (including phenoxy) is 7. The van der Waals surface area contributed by atoms with Gasteiger partial charge in [0.1, 0.15) is 48.0 Å². The number of hydrazone groups is 1. The van der Waals surface area contributed by atoms with E-state index in [2.05, 4.69) is 67.6 Å². The van der Waals surface area contributed by atoms with Crippen LogP contribution in [0.25, 0.3) is 5.00 Å². The average Bonchev–Trinajstić information content (AvgIpc) is 1.57. The molecule has 2 aromatic heterocycles. The van der Waals surface area contributed by atoms with Crippen molar-refractivity contribution in [1.82, 2.24) is 40.1 Å². The third-order valence-corrected chi connectivity index (χ3v) is 22.3. The molecule has 6 heterocycles. The molecule has 11 rings (SSSR count). The number of piperidine rings is 1. The molecule has 31 nitrogen and oxygen atoms in total. The number of amides is 9. The summed E-state index contributed by atoms with van der Waals surface area (Å²) in [7, 11) is 0. The van der Waals surface area contributed by atoms with E-state index in [9.17, 15) is 47.9 Å². The number of halogens is 1. The van der Waals surface area contributed by atoms with Crippen molar-refractivity contribution >= 4 is 111 Å². The van der Waals surface area contributed by atoms with Crippen molar-refractivity contribution < 1.29 is 81.1 Å². The van der Waals surface area contributed by atoms with Crippen LogP contribution in [-0.2, 0) is 66.8 Å². The Balaban J connectivity index is 0.637. The summed E-state index contributed by atoms with van der Waals surface area (Å²) in [6, 6.07) is 16.9. The summed E-state index contributed by atoms with van der Waals surface area (Å²) in [5.74, 6) is 3.33.